The number of ether oxygens (including phenoxy) is 1. The number of benzene rings is 1. The molecule has 1 aliphatic heterocycles. The summed E-state index contributed by atoms with van der Waals surface area (Å²) < 4.78 is 5.58. The van der Waals surface area contributed by atoms with Gasteiger partial charge in [-0.25, -0.2) is 4.79 Å². The predicted octanol–water partition coefficient (Wildman–Crippen LogP) is 2.92. The van der Waals surface area contributed by atoms with Gasteiger partial charge in [-0.2, -0.15) is 0 Å². The lowest BCUT2D eigenvalue weighted by atomic mass is 10.0. The van der Waals surface area contributed by atoms with E-state index >= 15 is 0 Å². The highest BCUT2D eigenvalue weighted by Gasteiger charge is 2.18. The molecule has 0 bridgehead atoms. The molecule has 1 atom stereocenters. The van der Waals surface area contributed by atoms with Crippen LogP contribution in [0.1, 0.15) is 32.1 Å². The van der Waals surface area contributed by atoms with Gasteiger partial charge < -0.3 is 20.3 Å². The summed E-state index contributed by atoms with van der Waals surface area (Å²) in [4.78, 5) is 25.9. The van der Waals surface area contributed by atoms with Crippen molar-refractivity contribution in [3.05, 3.63) is 36.4 Å². The van der Waals surface area contributed by atoms with E-state index in [4.69, 9.17) is 4.74 Å². The Labute approximate surface area is 148 Å². The molecule has 1 aromatic carbocycles. The third-order valence-electron chi connectivity index (χ3n) is 4.52. The molecule has 0 saturated carbocycles. The van der Waals surface area contributed by atoms with E-state index in [1.807, 2.05) is 4.90 Å². The highest BCUT2D eigenvalue weighted by Crippen LogP contribution is 2.18. The largest absolute Gasteiger partial charge is 0.484 e. The molecule has 2 N–H and O–H groups in total. The van der Waals surface area contributed by atoms with E-state index in [9.17, 15) is 9.59 Å². The summed E-state index contributed by atoms with van der Waals surface area (Å²) in [7, 11) is 0. The number of nitrogens with one attached hydrogen (secondary N) is 2. The van der Waals surface area contributed by atoms with Gasteiger partial charge in [0, 0.05) is 30.9 Å². The minimum absolute atomic E-state index is 0.0129. The molecule has 3 amide bonds. The Morgan fingerprint density at radius 2 is 2.04 bits per heavy atom. The summed E-state index contributed by atoms with van der Waals surface area (Å²) in [5.41, 5.74) is 0.648. The highest BCUT2D eigenvalue weighted by molar-refractivity contribution is 5.89. The Morgan fingerprint density at radius 3 is 2.80 bits per heavy atom. The predicted molar refractivity (Wildman–Crippen MR) is 96.7 cm³/mol. The van der Waals surface area contributed by atoms with Gasteiger partial charge in [-0.15, -0.1) is 0 Å². The van der Waals surface area contributed by atoms with Crippen molar-refractivity contribution in [1.29, 1.82) is 0 Å². The molecule has 1 aliphatic carbocycles. The summed E-state index contributed by atoms with van der Waals surface area (Å²) in [5, 5.41) is 5.79. The first kappa shape index (κ1) is 17.3. The van der Waals surface area contributed by atoms with Crippen LogP contribution in [0.4, 0.5) is 10.5 Å². The summed E-state index contributed by atoms with van der Waals surface area (Å²) >= 11 is 0. The van der Waals surface area contributed by atoms with Gasteiger partial charge >= 0.3 is 6.03 Å². The number of anilines is 1. The Balaban J connectivity index is 1.47. The molecule has 6 nitrogen and oxygen atoms in total. The number of likely N-dealkylation sites (tertiary alicyclic amines) is 1. The molecule has 1 fully saturated rings. The van der Waals surface area contributed by atoms with Gasteiger partial charge in [-0.1, -0.05) is 18.2 Å². The molecule has 2 aliphatic rings. The Bertz CT molecular complexity index is 639. The number of carbonyl (C=O) groups is 2. The molecule has 0 spiro atoms. The molecule has 1 saturated heterocycles. The van der Waals surface area contributed by atoms with Crippen LogP contribution in [0.2, 0.25) is 0 Å². The van der Waals surface area contributed by atoms with E-state index in [1.54, 1.807) is 24.3 Å². The van der Waals surface area contributed by atoms with Gasteiger partial charge in [0.15, 0.2) is 6.61 Å². The fourth-order valence-corrected chi connectivity index (χ4v) is 3.14. The van der Waals surface area contributed by atoms with Crippen LogP contribution in [0.3, 0.4) is 0 Å². The number of hydrogen-bond acceptors (Lipinski definition) is 3. The normalized spacial score (nSPS) is 19.5. The van der Waals surface area contributed by atoms with E-state index in [0.717, 1.165) is 45.2 Å². The number of amides is 3. The van der Waals surface area contributed by atoms with Crippen LogP contribution in [-0.2, 0) is 4.79 Å². The maximum atomic E-state index is 12.1. The zero-order valence-corrected chi connectivity index (χ0v) is 14.4. The first-order valence-corrected chi connectivity index (χ1v) is 8.94. The van der Waals surface area contributed by atoms with Crippen molar-refractivity contribution in [2.45, 2.75) is 38.1 Å². The Morgan fingerprint density at radius 1 is 1.20 bits per heavy atom. The lowest BCUT2D eigenvalue weighted by Gasteiger charge is -2.19. The lowest BCUT2D eigenvalue weighted by Crippen LogP contribution is -2.38. The van der Waals surface area contributed by atoms with Crippen LogP contribution in [0.5, 0.6) is 5.75 Å². The van der Waals surface area contributed by atoms with Crippen LogP contribution < -0.4 is 15.4 Å². The average Bonchev–Trinajstić information content (AvgIpc) is 3.15. The minimum atomic E-state index is -0.217. The van der Waals surface area contributed by atoms with Crippen molar-refractivity contribution in [3.63, 3.8) is 0 Å². The number of allylic oxidation sites excluding steroid dienone is 1. The molecule has 25 heavy (non-hydrogen) atoms. The van der Waals surface area contributed by atoms with Gasteiger partial charge in [-0.3, -0.25) is 4.79 Å². The first-order chi connectivity index (χ1) is 12.2. The second kappa shape index (κ2) is 8.55. The molecule has 0 aromatic heterocycles. The second-order valence-electron chi connectivity index (χ2n) is 6.48. The molecule has 1 aromatic rings. The number of nitrogens with zero attached hydrogens (tertiary/aromatic N) is 1. The van der Waals surface area contributed by atoms with Crippen LogP contribution in [0, 0.1) is 0 Å². The monoisotopic (exact) mass is 343 g/mol. The van der Waals surface area contributed by atoms with Crippen molar-refractivity contribution in [1.82, 2.24) is 10.2 Å². The molecular formula is C19H25N3O3. The van der Waals surface area contributed by atoms with E-state index in [0.29, 0.717) is 11.4 Å². The number of urea groups is 1. The van der Waals surface area contributed by atoms with Crippen LogP contribution >= 0.6 is 0 Å². The second-order valence-corrected chi connectivity index (χ2v) is 6.48. The third-order valence-corrected chi connectivity index (χ3v) is 4.52. The fourth-order valence-electron chi connectivity index (χ4n) is 3.14. The summed E-state index contributed by atoms with van der Waals surface area (Å²) in [6.45, 7) is 1.67. The maximum absolute atomic E-state index is 12.1. The molecule has 6 heteroatoms. The van der Waals surface area contributed by atoms with Crippen LogP contribution in [0.15, 0.2) is 36.4 Å². The molecule has 134 valence electrons. The molecule has 0 radical (unpaired) electrons. The van der Waals surface area contributed by atoms with Crippen molar-refractivity contribution in [2.75, 3.05) is 25.0 Å². The number of hydrogen-bond donors (Lipinski definition) is 2. The van der Waals surface area contributed by atoms with Crippen LogP contribution in [0.25, 0.3) is 0 Å². The SMILES string of the molecule is O=C(Nc1cccc(OCC(=O)N2CCCC2)c1)NC1CC=CCC1. The highest BCUT2D eigenvalue weighted by atomic mass is 16.5. The maximum Gasteiger partial charge on any atom is 0.319 e. The average molecular weight is 343 g/mol. The Hall–Kier alpha value is -2.50. The Kier molecular flexibility index (Phi) is 5.93. The van der Waals surface area contributed by atoms with Gasteiger partial charge in [0.2, 0.25) is 0 Å². The van der Waals surface area contributed by atoms with E-state index in [-0.39, 0.29) is 24.6 Å². The van der Waals surface area contributed by atoms with Crippen molar-refractivity contribution < 1.29 is 14.3 Å². The molecule has 1 unspecified atom stereocenters. The zero-order chi connectivity index (χ0) is 17.5. The molecule has 3 rings (SSSR count). The summed E-state index contributed by atoms with van der Waals surface area (Å²) in [5.74, 6) is 0.588. The molecule has 1 heterocycles. The number of carbonyl (C=O) groups excluding carboxylic acids is 2. The van der Waals surface area contributed by atoms with E-state index in [1.165, 1.54) is 0 Å². The van der Waals surface area contributed by atoms with Gasteiger partial charge in [0.25, 0.3) is 5.91 Å². The molecular weight excluding hydrogens is 318 g/mol. The third kappa shape index (κ3) is 5.24. The topological polar surface area (TPSA) is 70.7 Å². The smallest absolute Gasteiger partial charge is 0.319 e. The van der Waals surface area contributed by atoms with E-state index in [2.05, 4.69) is 22.8 Å². The number of rotatable bonds is 5. The van der Waals surface area contributed by atoms with Crippen molar-refractivity contribution in [3.8, 4) is 5.75 Å². The lowest BCUT2D eigenvalue weighted by molar-refractivity contribution is -0.132. The summed E-state index contributed by atoms with van der Waals surface area (Å²) in [6.07, 6.45) is 9.20. The van der Waals surface area contributed by atoms with Crippen LogP contribution in [-0.4, -0.2) is 42.6 Å². The van der Waals surface area contributed by atoms with Crippen molar-refractivity contribution >= 4 is 17.6 Å². The van der Waals surface area contributed by atoms with Gasteiger partial charge in [0.1, 0.15) is 5.75 Å². The van der Waals surface area contributed by atoms with Gasteiger partial charge in [-0.05, 0) is 44.2 Å². The standard InChI is InChI=1S/C19H25N3O3/c23-18(22-11-4-5-12-22)14-25-17-10-6-9-16(13-17)21-19(24)20-15-7-2-1-3-8-15/h1-2,6,9-10,13,15H,3-5,7-8,11-12,14H2,(H2,20,21,24). The quantitative estimate of drug-likeness (QED) is 0.808. The first-order valence-electron chi connectivity index (χ1n) is 8.94. The minimum Gasteiger partial charge on any atom is -0.484 e. The fraction of sp³-hybridized carbons (Fsp3) is 0.474. The van der Waals surface area contributed by atoms with E-state index < -0.39 is 0 Å². The van der Waals surface area contributed by atoms with Gasteiger partial charge in [0.05, 0.1) is 0 Å². The van der Waals surface area contributed by atoms with Crippen molar-refractivity contribution in [2.24, 2.45) is 0 Å². The summed E-state index contributed by atoms with van der Waals surface area (Å²) in [6, 6.07) is 7.08. The zero-order valence-electron chi connectivity index (χ0n) is 14.4.